The van der Waals surface area contributed by atoms with E-state index in [2.05, 4.69) is 6.58 Å². The molecule has 6 nitrogen and oxygen atoms in total. The molecule has 0 saturated carbocycles. The van der Waals surface area contributed by atoms with E-state index >= 15 is 0 Å². The smallest absolute Gasteiger partial charge is 0.336 e. The highest BCUT2D eigenvalue weighted by atomic mass is 16.6. The maximum Gasteiger partial charge on any atom is 0.336 e. The lowest BCUT2D eigenvalue weighted by atomic mass is 9.98. The predicted octanol–water partition coefficient (Wildman–Crippen LogP) is 3.39. The van der Waals surface area contributed by atoms with E-state index in [0.717, 1.165) is 5.39 Å². The number of carbonyl (C=O) groups excluding carboxylic acids is 1. The number of fused-ring (bicyclic) bond motifs is 1. The fourth-order valence-electron chi connectivity index (χ4n) is 3.07. The molecule has 0 N–H and O–H groups in total. The highest BCUT2D eigenvalue weighted by Gasteiger charge is 2.39. The first-order chi connectivity index (χ1) is 12.4. The number of methoxy groups -OCH3 is 1. The Bertz CT molecular complexity index is 895. The van der Waals surface area contributed by atoms with Crippen molar-refractivity contribution in [3.63, 3.8) is 0 Å². The number of carbonyl (C=O) groups is 1. The lowest BCUT2D eigenvalue weighted by molar-refractivity contribution is -0.151. The van der Waals surface area contributed by atoms with Gasteiger partial charge in [0.25, 0.3) is 0 Å². The van der Waals surface area contributed by atoms with Gasteiger partial charge in [-0.3, -0.25) is 4.79 Å². The highest BCUT2D eigenvalue weighted by molar-refractivity contribution is 5.83. The first-order valence-corrected chi connectivity index (χ1v) is 8.50. The maximum absolute atomic E-state index is 12.2. The summed E-state index contributed by atoms with van der Waals surface area (Å²) in [5.41, 5.74) is 1.09. The molecule has 0 aliphatic carbocycles. The zero-order valence-electron chi connectivity index (χ0n) is 15.1. The normalized spacial score (nSPS) is 19.9. The summed E-state index contributed by atoms with van der Waals surface area (Å²) in [6.07, 6.45) is -1.01. The van der Waals surface area contributed by atoms with Crippen LogP contribution >= 0.6 is 0 Å². The van der Waals surface area contributed by atoms with Crippen molar-refractivity contribution in [3.05, 3.63) is 52.4 Å². The number of hydrogen-bond donors (Lipinski definition) is 0. The van der Waals surface area contributed by atoms with Gasteiger partial charge in [-0.25, -0.2) is 4.79 Å². The van der Waals surface area contributed by atoms with Gasteiger partial charge in [0.1, 0.15) is 17.4 Å². The van der Waals surface area contributed by atoms with Crippen molar-refractivity contribution >= 4 is 16.9 Å². The topological polar surface area (TPSA) is 75.0 Å². The fourth-order valence-corrected chi connectivity index (χ4v) is 3.07. The monoisotopic (exact) mass is 358 g/mol. The van der Waals surface area contributed by atoms with Crippen LogP contribution in [0.4, 0.5) is 0 Å². The summed E-state index contributed by atoms with van der Waals surface area (Å²) >= 11 is 0. The Morgan fingerprint density at radius 2 is 2.04 bits per heavy atom. The summed E-state index contributed by atoms with van der Waals surface area (Å²) in [5, 5.41) is 0.730. The van der Waals surface area contributed by atoms with Crippen molar-refractivity contribution in [2.24, 2.45) is 5.92 Å². The molecule has 1 fully saturated rings. The molecular weight excluding hydrogens is 336 g/mol. The van der Waals surface area contributed by atoms with Gasteiger partial charge in [-0.2, -0.15) is 0 Å². The number of hydrogen-bond acceptors (Lipinski definition) is 6. The van der Waals surface area contributed by atoms with Gasteiger partial charge >= 0.3 is 11.6 Å². The van der Waals surface area contributed by atoms with E-state index in [1.54, 1.807) is 18.2 Å². The van der Waals surface area contributed by atoms with Gasteiger partial charge in [-0.05, 0) is 29.7 Å². The van der Waals surface area contributed by atoms with Crippen molar-refractivity contribution in [2.45, 2.75) is 32.5 Å². The number of benzene rings is 1. The first-order valence-electron chi connectivity index (χ1n) is 8.50. The van der Waals surface area contributed by atoms with Gasteiger partial charge in [0.2, 0.25) is 0 Å². The standard InChI is InChI=1S/C20H22O6/c1-11(2)9-16(22)26-18-12(3)10-24-20(18)17-14(23-4)7-5-13-6-8-15(21)25-19(13)17/h5-8,11,18,20H,3,9-10H2,1-2,4H3/t18-,20-/m0/s1. The molecule has 0 radical (unpaired) electrons. The minimum Gasteiger partial charge on any atom is -0.496 e. The van der Waals surface area contributed by atoms with E-state index in [1.807, 2.05) is 13.8 Å². The molecule has 0 amide bonds. The molecule has 3 rings (SSSR count). The number of rotatable bonds is 5. The average Bonchev–Trinajstić information content (AvgIpc) is 2.93. The van der Waals surface area contributed by atoms with Crippen LogP contribution in [0, 0.1) is 5.92 Å². The highest BCUT2D eigenvalue weighted by Crippen LogP contribution is 2.42. The molecule has 1 aliphatic rings. The number of esters is 1. The van der Waals surface area contributed by atoms with Crippen LogP contribution in [0.1, 0.15) is 31.9 Å². The lowest BCUT2D eigenvalue weighted by Crippen LogP contribution is -2.24. The van der Waals surface area contributed by atoms with Crippen LogP contribution in [0.2, 0.25) is 0 Å². The second-order valence-electron chi connectivity index (χ2n) is 6.75. The molecule has 2 aromatic rings. The van der Waals surface area contributed by atoms with Gasteiger partial charge in [0.05, 0.1) is 19.3 Å². The van der Waals surface area contributed by atoms with Gasteiger partial charge in [0, 0.05) is 17.9 Å². The lowest BCUT2D eigenvalue weighted by Gasteiger charge is -2.22. The minimum atomic E-state index is -0.661. The molecule has 26 heavy (non-hydrogen) atoms. The summed E-state index contributed by atoms with van der Waals surface area (Å²) in [6, 6.07) is 6.60. The summed E-state index contributed by atoms with van der Waals surface area (Å²) < 4.78 is 22.3. The van der Waals surface area contributed by atoms with Crippen LogP contribution in [-0.2, 0) is 14.3 Å². The molecule has 1 aromatic carbocycles. The van der Waals surface area contributed by atoms with Crippen LogP contribution in [0.25, 0.3) is 11.0 Å². The average molecular weight is 358 g/mol. The van der Waals surface area contributed by atoms with E-state index < -0.39 is 17.8 Å². The molecule has 2 atom stereocenters. The Labute approximate surface area is 151 Å². The molecule has 0 spiro atoms. The predicted molar refractivity (Wildman–Crippen MR) is 96.2 cm³/mol. The van der Waals surface area contributed by atoms with E-state index in [1.165, 1.54) is 13.2 Å². The Morgan fingerprint density at radius 3 is 2.73 bits per heavy atom. The quantitative estimate of drug-likeness (QED) is 0.463. The van der Waals surface area contributed by atoms with Crippen molar-refractivity contribution in [1.82, 2.24) is 0 Å². The van der Waals surface area contributed by atoms with Gasteiger partial charge < -0.3 is 18.6 Å². The molecule has 138 valence electrons. The van der Waals surface area contributed by atoms with Gasteiger partial charge in [-0.1, -0.05) is 20.4 Å². The second kappa shape index (κ2) is 7.33. The van der Waals surface area contributed by atoms with E-state index in [9.17, 15) is 9.59 Å². The van der Waals surface area contributed by atoms with Crippen LogP contribution in [0.3, 0.4) is 0 Å². The number of ether oxygens (including phenoxy) is 3. The zero-order chi connectivity index (χ0) is 18.8. The molecule has 0 unspecified atom stereocenters. The third kappa shape index (κ3) is 3.51. The molecule has 2 heterocycles. The summed E-state index contributed by atoms with van der Waals surface area (Å²) in [5.74, 6) is 0.361. The molecule has 1 saturated heterocycles. The fraction of sp³-hybridized carbons (Fsp3) is 0.400. The van der Waals surface area contributed by atoms with E-state index in [-0.39, 0.29) is 18.5 Å². The Hall–Kier alpha value is -2.60. The van der Waals surface area contributed by atoms with E-state index in [0.29, 0.717) is 28.9 Å². The van der Waals surface area contributed by atoms with Crippen molar-refractivity contribution in [3.8, 4) is 5.75 Å². The SMILES string of the molecule is C=C1CO[C@@H](c2c(OC)ccc3ccc(=O)oc23)[C@H]1OC(=O)CC(C)C. The van der Waals surface area contributed by atoms with E-state index in [4.69, 9.17) is 18.6 Å². The summed E-state index contributed by atoms with van der Waals surface area (Å²) in [7, 11) is 1.52. The van der Waals surface area contributed by atoms with Gasteiger partial charge in [0.15, 0.2) is 6.10 Å². The maximum atomic E-state index is 12.2. The van der Waals surface area contributed by atoms with Crippen molar-refractivity contribution < 1.29 is 23.4 Å². The van der Waals surface area contributed by atoms with Crippen molar-refractivity contribution in [1.29, 1.82) is 0 Å². The molecule has 1 aliphatic heterocycles. The Balaban J connectivity index is 2.06. The molecule has 1 aromatic heterocycles. The Kier molecular flexibility index (Phi) is 5.13. The second-order valence-corrected chi connectivity index (χ2v) is 6.75. The largest absolute Gasteiger partial charge is 0.496 e. The van der Waals surface area contributed by atoms with Crippen molar-refractivity contribution in [2.75, 3.05) is 13.7 Å². The summed E-state index contributed by atoms with van der Waals surface area (Å²) in [4.78, 5) is 23.9. The zero-order valence-corrected chi connectivity index (χ0v) is 15.1. The molecule has 0 bridgehead atoms. The van der Waals surface area contributed by atoms with Crippen LogP contribution < -0.4 is 10.4 Å². The third-order valence-corrected chi connectivity index (χ3v) is 4.25. The summed E-state index contributed by atoms with van der Waals surface area (Å²) in [6.45, 7) is 8.10. The van der Waals surface area contributed by atoms with Gasteiger partial charge in [-0.15, -0.1) is 0 Å². The minimum absolute atomic E-state index is 0.182. The van der Waals surface area contributed by atoms with Crippen LogP contribution in [-0.4, -0.2) is 25.8 Å². The van der Waals surface area contributed by atoms with Crippen LogP contribution in [0.5, 0.6) is 5.75 Å². The molecule has 6 heteroatoms. The molecular formula is C20H22O6. The third-order valence-electron chi connectivity index (χ3n) is 4.25. The first kappa shape index (κ1) is 18.2. The Morgan fingerprint density at radius 1 is 1.31 bits per heavy atom. The van der Waals surface area contributed by atoms with Crippen LogP contribution in [0.15, 0.2) is 45.6 Å².